The van der Waals surface area contributed by atoms with Crippen molar-refractivity contribution in [1.82, 2.24) is 19.9 Å². The van der Waals surface area contributed by atoms with Crippen molar-refractivity contribution in [3.05, 3.63) is 36.4 Å². The van der Waals surface area contributed by atoms with Gasteiger partial charge in [-0.2, -0.15) is 0 Å². The molecule has 4 heterocycles. The second-order valence-corrected chi connectivity index (χ2v) is 9.54. The van der Waals surface area contributed by atoms with Crippen LogP contribution in [0.1, 0.15) is 37.3 Å². The van der Waals surface area contributed by atoms with Gasteiger partial charge in [0.25, 0.3) is 5.91 Å². The second kappa shape index (κ2) is 8.16. The maximum Gasteiger partial charge on any atom is 0.251 e. The Morgan fingerprint density at radius 1 is 1.21 bits per heavy atom. The molecule has 8 nitrogen and oxygen atoms in total. The molecule has 1 amide bonds. The molecule has 2 saturated heterocycles. The summed E-state index contributed by atoms with van der Waals surface area (Å²) in [6.45, 7) is 1.78. The lowest BCUT2D eigenvalue weighted by Crippen LogP contribution is -2.43. The SMILES string of the molecule is CS(=O)(=O)c1cnc(-c2cccnc2)nc1C1CCN(C(=O)C2CCCO2)CC1. The second-order valence-electron chi connectivity index (χ2n) is 7.56. The first-order chi connectivity index (χ1) is 13.9. The molecule has 0 aromatic carbocycles. The monoisotopic (exact) mass is 416 g/mol. The van der Waals surface area contributed by atoms with Gasteiger partial charge in [-0.3, -0.25) is 9.78 Å². The Kier molecular flexibility index (Phi) is 5.60. The van der Waals surface area contributed by atoms with Crippen molar-refractivity contribution in [1.29, 1.82) is 0 Å². The van der Waals surface area contributed by atoms with Crippen molar-refractivity contribution in [2.75, 3.05) is 26.0 Å². The lowest BCUT2D eigenvalue weighted by atomic mass is 9.92. The van der Waals surface area contributed by atoms with Gasteiger partial charge in [-0.25, -0.2) is 18.4 Å². The molecule has 0 aliphatic carbocycles. The highest BCUT2D eigenvalue weighted by molar-refractivity contribution is 7.90. The summed E-state index contributed by atoms with van der Waals surface area (Å²) in [5.41, 5.74) is 1.27. The molecule has 154 valence electrons. The van der Waals surface area contributed by atoms with E-state index in [4.69, 9.17) is 4.74 Å². The summed E-state index contributed by atoms with van der Waals surface area (Å²) >= 11 is 0. The first-order valence-corrected chi connectivity index (χ1v) is 11.7. The fraction of sp³-hybridized carbons (Fsp3) is 0.500. The number of pyridine rings is 1. The molecular weight excluding hydrogens is 392 g/mol. The zero-order chi connectivity index (χ0) is 20.4. The minimum atomic E-state index is -3.47. The largest absolute Gasteiger partial charge is 0.368 e. The molecule has 0 saturated carbocycles. The van der Waals surface area contributed by atoms with Gasteiger partial charge in [-0.15, -0.1) is 0 Å². The van der Waals surface area contributed by atoms with Gasteiger partial charge in [0.1, 0.15) is 11.0 Å². The molecule has 2 aromatic heterocycles. The van der Waals surface area contributed by atoms with Crippen LogP contribution in [-0.4, -0.2) is 66.2 Å². The van der Waals surface area contributed by atoms with Crippen LogP contribution in [0.5, 0.6) is 0 Å². The first kappa shape index (κ1) is 19.9. The lowest BCUT2D eigenvalue weighted by Gasteiger charge is -2.33. The third-order valence-corrected chi connectivity index (χ3v) is 6.61. The van der Waals surface area contributed by atoms with E-state index >= 15 is 0 Å². The van der Waals surface area contributed by atoms with E-state index in [0.717, 1.165) is 18.4 Å². The Bertz CT molecular complexity index is 983. The van der Waals surface area contributed by atoms with Crippen molar-refractivity contribution in [3.8, 4) is 11.4 Å². The summed E-state index contributed by atoms with van der Waals surface area (Å²) in [6, 6.07) is 3.63. The van der Waals surface area contributed by atoms with Crippen molar-refractivity contribution >= 4 is 15.7 Å². The normalized spacial score (nSPS) is 20.7. The van der Waals surface area contributed by atoms with Crippen LogP contribution < -0.4 is 0 Å². The molecule has 9 heteroatoms. The van der Waals surface area contributed by atoms with Crippen LogP contribution in [0.3, 0.4) is 0 Å². The smallest absolute Gasteiger partial charge is 0.251 e. The number of hydrogen-bond donors (Lipinski definition) is 0. The Morgan fingerprint density at radius 2 is 2.00 bits per heavy atom. The van der Waals surface area contributed by atoms with Crippen LogP contribution in [0.2, 0.25) is 0 Å². The number of nitrogens with zero attached hydrogens (tertiary/aromatic N) is 4. The first-order valence-electron chi connectivity index (χ1n) is 9.81. The standard InChI is InChI=1S/C20H24N4O4S/c1-29(26,27)17-13-22-19(15-4-2-8-21-12-15)23-18(17)14-6-9-24(10-7-14)20(25)16-5-3-11-28-16/h2,4,8,12-14,16H,3,5-7,9-11H2,1H3. The number of amides is 1. The lowest BCUT2D eigenvalue weighted by molar-refractivity contribution is -0.142. The van der Waals surface area contributed by atoms with Crippen molar-refractivity contribution in [2.24, 2.45) is 0 Å². The Morgan fingerprint density at radius 3 is 2.62 bits per heavy atom. The highest BCUT2D eigenvalue weighted by Gasteiger charge is 2.33. The van der Waals surface area contributed by atoms with Gasteiger partial charge < -0.3 is 9.64 Å². The number of sulfone groups is 1. The molecule has 1 unspecified atom stereocenters. The molecule has 2 aliphatic rings. The predicted octanol–water partition coefficient (Wildman–Crippen LogP) is 1.83. The van der Waals surface area contributed by atoms with Gasteiger partial charge in [0.15, 0.2) is 15.7 Å². The zero-order valence-electron chi connectivity index (χ0n) is 16.3. The molecule has 0 radical (unpaired) electrons. The fourth-order valence-electron chi connectivity index (χ4n) is 3.95. The van der Waals surface area contributed by atoms with Crippen LogP contribution >= 0.6 is 0 Å². The molecule has 29 heavy (non-hydrogen) atoms. The van der Waals surface area contributed by atoms with Gasteiger partial charge in [0, 0.05) is 56.0 Å². The van der Waals surface area contributed by atoms with E-state index in [9.17, 15) is 13.2 Å². The summed E-state index contributed by atoms with van der Waals surface area (Å²) in [7, 11) is -3.47. The quantitative estimate of drug-likeness (QED) is 0.749. The van der Waals surface area contributed by atoms with E-state index in [1.807, 2.05) is 11.0 Å². The van der Waals surface area contributed by atoms with E-state index in [2.05, 4.69) is 15.0 Å². The van der Waals surface area contributed by atoms with Gasteiger partial charge in [0.05, 0.1) is 5.69 Å². The van der Waals surface area contributed by atoms with E-state index in [1.165, 1.54) is 12.5 Å². The molecule has 0 bridgehead atoms. The maximum absolute atomic E-state index is 12.6. The highest BCUT2D eigenvalue weighted by Crippen LogP contribution is 2.32. The van der Waals surface area contributed by atoms with Crippen LogP contribution in [-0.2, 0) is 19.4 Å². The van der Waals surface area contributed by atoms with Crippen LogP contribution in [0.25, 0.3) is 11.4 Å². The molecule has 0 spiro atoms. The van der Waals surface area contributed by atoms with E-state index in [0.29, 0.717) is 44.1 Å². The molecule has 4 rings (SSSR count). The van der Waals surface area contributed by atoms with Crippen LogP contribution in [0, 0.1) is 0 Å². The Balaban J connectivity index is 1.58. The highest BCUT2D eigenvalue weighted by atomic mass is 32.2. The third-order valence-electron chi connectivity index (χ3n) is 5.50. The number of ether oxygens (including phenoxy) is 1. The molecule has 0 N–H and O–H groups in total. The maximum atomic E-state index is 12.6. The summed E-state index contributed by atoms with van der Waals surface area (Å²) in [5, 5.41) is 0. The van der Waals surface area contributed by atoms with Crippen molar-refractivity contribution < 1.29 is 17.9 Å². The zero-order valence-corrected chi connectivity index (χ0v) is 17.1. The number of carbonyl (C=O) groups excluding carboxylic acids is 1. The number of piperidine rings is 1. The average Bonchev–Trinajstić information content (AvgIpc) is 3.28. The number of likely N-dealkylation sites (tertiary alicyclic amines) is 1. The Hall–Kier alpha value is -2.39. The topological polar surface area (TPSA) is 102 Å². The van der Waals surface area contributed by atoms with Crippen LogP contribution in [0.15, 0.2) is 35.6 Å². The van der Waals surface area contributed by atoms with Crippen molar-refractivity contribution in [3.63, 3.8) is 0 Å². The molecular formula is C20H24N4O4S. The summed E-state index contributed by atoms with van der Waals surface area (Å²) in [6.07, 6.45) is 8.57. The van der Waals surface area contributed by atoms with E-state index in [-0.39, 0.29) is 22.8 Å². The van der Waals surface area contributed by atoms with E-state index < -0.39 is 9.84 Å². The van der Waals surface area contributed by atoms with E-state index in [1.54, 1.807) is 18.5 Å². The number of hydrogen-bond acceptors (Lipinski definition) is 7. The minimum Gasteiger partial charge on any atom is -0.368 e. The summed E-state index contributed by atoms with van der Waals surface area (Å²) in [5.74, 6) is 0.452. The van der Waals surface area contributed by atoms with Crippen LogP contribution in [0.4, 0.5) is 0 Å². The average molecular weight is 417 g/mol. The van der Waals surface area contributed by atoms with Gasteiger partial charge >= 0.3 is 0 Å². The number of rotatable bonds is 4. The third kappa shape index (κ3) is 4.30. The van der Waals surface area contributed by atoms with Gasteiger partial charge in [-0.1, -0.05) is 0 Å². The van der Waals surface area contributed by atoms with Crippen molar-refractivity contribution in [2.45, 2.75) is 42.6 Å². The predicted molar refractivity (Wildman–Crippen MR) is 106 cm³/mol. The number of carbonyl (C=O) groups is 1. The van der Waals surface area contributed by atoms with Gasteiger partial charge in [-0.05, 0) is 37.8 Å². The summed E-state index contributed by atoms with van der Waals surface area (Å²) < 4.78 is 30.1. The molecule has 2 aliphatic heterocycles. The molecule has 2 aromatic rings. The fourth-order valence-corrected chi connectivity index (χ4v) is 4.78. The molecule has 2 fully saturated rings. The molecule has 1 atom stereocenters. The summed E-state index contributed by atoms with van der Waals surface area (Å²) in [4.78, 5) is 27.5. The Labute approximate surface area is 170 Å². The minimum absolute atomic E-state index is 0.0445. The number of aromatic nitrogens is 3. The van der Waals surface area contributed by atoms with Gasteiger partial charge in [0.2, 0.25) is 0 Å².